The summed E-state index contributed by atoms with van der Waals surface area (Å²) in [7, 11) is 0. The zero-order chi connectivity index (χ0) is 19.4. The summed E-state index contributed by atoms with van der Waals surface area (Å²) in [6.45, 7) is 1.67. The van der Waals surface area contributed by atoms with E-state index in [4.69, 9.17) is 17.3 Å². The molecule has 27 heavy (non-hydrogen) atoms. The van der Waals surface area contributed by atoms with Gasteiger partial charge >= 0.3 is 5.97 Å². The molecule has 1 aromatic heterocycles. The number of piperidine rings is 1. The second-order valence-corrected chi connectivity index (χ2v) is 7.50. The fourth-order valence-corrected chi connectivity index (χ4v) is 4.11. The number of rotatable bonds is 8. The number of hydrogen-bond acceptors (Lipinski definition) is 3. The molecule has 7 heteroatoms. The predicted molar refractivity (Wildman–Crippen MR) is 106 cm³/mol. The standard InChI is InChI=1S/C20H26ClN3O3/c21-9-3-2-6-15-13-24(17-8-7-14(20(26)27)12-16(15)17)19(18(22)25)23-10-4-1-5-11-23/h7-8,12-13,19H,1-6,9-11H2,(H2,22,25)(H,26,27). The first-order chi connectivity index (χ1) is 13.0. The van der Waals surface area contributed by atoms with Crippen LogP contribution in [0, 0.1) is 0 Å². The first kappa shape index (κ1) is 19.7. The molecule has 1 fully saturated rings. The molecule has 0 saturated carbocycles. The zero-order valence-electron chi connectivity index (χ0n) is 15.4. The summed E-state index contributed by atoms with van der Waals surface area (Å²) in [5.41, 5.74) is 7.90. The van der Waals surface area contributed by atoms with Crippen LogP contribution < -0.4 is 5.73 Å². The van der Waals surface area contributed by atoms with Crippen molar-refractivity contribution in [2.45, 2.75) is 44.7 Å². The molecular weight excluding hydrogens is 366 g/mol. The van der Waals surface area contributed by atoms with Crippen LogP contribution in [0.2, 0.25) is 0 Å². The third-order valence-corrected chi connectivity index (χ3v) is 5.51. The smallest absolute Gasteiger partial charge is 0.335 e. The van der Waals surface area contributed by atoms with Gasteiger partial charge in [-0.15, -0.1) is 11.6 Å². The van der Waals surface area contributed by atoms with Crippen molar-refractivity contribution in [1.29, 1.82) is 0 Å². The van der Waals surface area contributed by atoms with Crippen molar-refractivity contribution < 1.29 is 14.7 Å². The lowest BCUT2D eigenvalue weighted by Gasteiger charge is -2.33. The third kappa shape index (κ3) is 4.28. The van der Waals surface area contributed by atoms with Gasteiger partial charge < -0.3 is 15.4 Å². The number of nitrogens with zero attached hydrogens (tertiary/aromatic N) is 2. The van der Waals surface area contributed by atoms with Crippen LogP contribution in [-0.2, 0) is 11.2 Å². The van der Waals surface area contributed by atoms with Crippen molar-refractivity contribution in [2.75, 3.05) is 19.0 Å². The molecule has 146 valence electrons. The summed E-state index contributed by atoms with van der Waals surface area (Å²) in [4.78, 5) is 25.9. The maximum absolute atomic E-state index is 12.3. The van der Waals surface area contributed by atoms with Gasteiger partial charge in [-0.05, 0) is 55.9 Å². The molecule has 0 radical (unpaired) electrons. The fraction of sp³-hybridized carbons (Fsp3) is 0.500. The van der Waals surface area contributed by atoms with E-state index >= 15 is 0 Å². The second kappa shape index (κ2) is 8.76. The lowest BCUT2D eigenvalue weighted by atomic mass is 10.1. The summed E-state index contributed by atoms with van der Waals surface area (Å²) in [5, 5.41) is 10.2. The Labute approximate surface area is 163 Å². The van der Waals surface area contributed by atoms with Gasteiger partial charge in [-0.25, -0.2) is 4.79 Å². The average molecular weight is 392 g/mol. The van der Waals surface area contributed by atoms with E-state index in [-0.39, 0.29) is 11.5 Å². The topological polar surface area (TPSA) is 88.6 Å². The van der Waals surface area contributed by atoms with Crippen LogP contribution in [0.25, 0.3) is 10.9 Å². The summed E-state index contributed by atoms with van der Waals surface area (Å²) in [6, 6.07) is 5.06. The van der Waals surface area contributed by atoms with E-state index in [1.165, 1.54) is 6.42 Å². The largest absolute Gasteiger partial charge is 0.478 e. The van der Waals surface area contributed by atoms with Crippen LogP contribution in [0.15, 0.2) is 24.4 Å². The minimum Gasteiger partial charge on any atom is -0.478 e. The van der Waals surface area contributed by atoms with Gasteiger partial charge in [-0.3, -0.25) is 9.69 Å². The number of hydrogen-bond donors (Lipinski definition) is 2. The van der Waals surface area contributed by atoms with E-state index in [1.54, 1.807) is 18.2 Å². The van der Waals surface area contributed by atoms with E-state index in [2.05, 4.69) is 4.90 Å². The summed E-state index contributed by atoms with van der Waals surface area (Å²) in [5.74, 6) is -0.751. The number of carbonyl (C=O) groups excluding carboxylic acids is 1. The van der Waals surface area contributed by atoms with Gasteiger partial charge in [0.05, 0.1) is 11.1 Å². The number of carbonyl (C=O) groups is 2. The summed E-state index contributed by atoms with van der Waals surface area (Å²) >= 11 is 5.80. The first-order valence-corrected chi connectivity index (χ1v) is 10.0. The molecule has 1 aliphatic heterocycles. The average Bonchev–Trinajstić information content (AvgIpc) is 3.00. The van der Waals surface area contributed by atoms with Crippen LogP contribution in [0.5, 0.6) is 0 Å². The van der Waals surface area contributed by atoms with E-state index in [9.17, 15) is 14.7 Å². The van der Waals surface area contributed by atoms with Crippen molar-refractivity contribution in [3.63, 3.8) is 0 Å². The highest BCUT2D eigenvalue weighted by molar-refractivity contribution is 6.17. The molecule has 6 nitrogen and oxygen atoms in total. The van der Waals surface area contributed by atoms with Crippen molar-refractivity contribution >= 4 is 34.4 Å². The molecule has 1 atom stereocenters. The number of halogens is 1. The molecule has 1 saturated heterocycles. The monoisotopic (exact) mass is 391 g/mol. The van der Waals surface area contributed by atoms with Gasteiger partial charge in [0.1, 0.15) is 0 Å². The van der Waals surface area contributed by atoms with Gasteiger partial charge in [0.25, 0.3) is 5.91 Å². The van der Waals surface area contributed by atoms with Crippen LogP contribution in [-0.4, -0.2) is 45.4 Å². The van der Waals surface area contributed by atoms with Gasteiger partial charge in [0, 0.05) is 30.6 Å². The maximum Gasteiger partial charge on any atom is 0.335 e. The second-order valence-electron chi connectivity index (χ2n) is 7.12. The number of likely N-dealkylation sites (tertiary alicyclic amines) is 1. The number of aromatic nitrogens is 1. The number of alkyl halides is 1. The van der Waals surface area contributed by atoms with Crippen molar-refractivity contribution in [1.82, 2.24) is 9.47 Å². The zero-order valence-corrected chi connectivity index (χ0v) is 16.1. The number of fused-ring (bicyclic) bond motifs is 1. The molecule has 3 rings (SSSR count). The Hall–Kier alpha value is -2.05. The number of primary amides is 1. The van der Waals surface area contributed by atoms with Crippen molar-refractivity contribution in [3.8, 4) is 0 Å². The molecule has 0 spiro atoms. The molecule has 3 N–H and O–H groups in total. The lowest BCUT2D eigenvalue weighted by Crippen LogP contribution is -2.43. The van der Waals surface area contributed by atoms with Crippen LogP contribution in [0.1, 0.15) is 54.2 Å². The van der Waals surface area contributed by atoms with Crippen LogP contribution in [0.4, 0.5) is 0 Å². The fourth-order valence-electron chi connectivity index (χ4n) is 3.93. The number of carboxylic acids is 1. The Balaban J connectivity index is 2.07. The number of aryl methyl sites for hydroxylation is 1. The normalized spacial score (nSPS) is 16.5. The third-order valence-electron chi connectivity index (χ3n) is 5.25. The van der Waals surface area contributed by atoms with Gasteiger partial charge in [-0.1, -0.05) is 6.42 Å². The number of nitrogens with two attached hydrogens (primary N) is 1. The minimum atomic E-state index is -0.959. The Morgan fingerprint density at radius 1 is 1.19 bits per heavy atom. The first-order valence-electron chi connectivity index (χ1n) is 9.49. The van der Waals surface area contributed by atoms with Gasteiger partial charge in [0.15, 0.2) is 6.17 Å². The van der Waals surface area contributed by atoms with E-state index in [0.717, 1.165) is 61.7 Å². The maximum atomic E-state index is 12.3. The van der Waals surface area contributed by atoms with E-state index in [1.807, 2.05) is 10.8 Å². The molecule has 2 aromatic rings. The summed E-state index contributed by atoms with van der Waals surface area (Å²) in [6.07, 6.45) is 7.26. The molecule has 1 aromatic carbocycles. The van der Waals surface area contributed by atoms with E-state index in [0.29, 0.717) is 5.88 Å². The van der Waals surface area contributed by atoms with Crippen molar-refractivity contribution in [3.05, 3.63) is 35.5 Å². The Kier molecular flexibility index (Phi) is 6.39. The minimum absolute atomic E-state index is 0.243. The number of carboxylic acid groups (broad SMARTS) is 1. The van der Waals surface area contributed by atoms with Crippen LogP contribution in [0.3, 0.4) is 0 Å². The molecular formula is C20H26ClN3O3. The Morgan fingerprint density at radius 2 is 1.93 bits per heavy atom. The lowest BCUT2D eigenvalue weighted by molar-refractivity contribution is -0.126. The molecule has 0 bridgehead atoms. The van der Waals surface area contributed by atoms with Crippen molar-refractivity contribution in [2.24, 2.45) is 5.73 Å². The van der Waals surface area contributed by atoms with E-state index < -0.39 is 12.1 Å². The molecule has 1 amide bonds. The molecule has 0 aliphatic carbocycles. The quantitative estimate of drug-likeness (QED) is 0.533. The van der Waals surface area contributed by atoms with Gasteiger partial charge in [0.2, 0.25) is 0 Å². The molecule has 2 heterocycles. The number of aromatic carboxylic acids is 1. The SMILES string of the molecule is NC(=O)C(N1CCCCC1)n1cc(CCCCCl)c2cc(C(=O)O)ccc21. The highest BCUT2D eigenvalue weighted by Gasteiger charge is 2.28. The summed E-state index contributed by atoms with van der Waals surface area (Å²) < 4.78 is 1.92. The molecule has 1 aliphatic rings. The number of unbranched alkanes of at least 4 members (excludes halogenated alkanes) is 1. The Bertz CT molecular complexity index is 827. The number of amides is 1. The Morgan fingerprint density at radius 3 is 2.56 bits per heavy atom. The molecule has 1 unspecified atom stereocenters. The highest BCUT2D eigenvalue weighted by Crippen LogP contribution is 2.30. The number of benzene rings is 1. The van der Waals surface area contributed by atoms with Crippen LogP contribution >= 0.6 is 11.6 Å². The predicted octanol–water partition coefficient (Wildman–Crippen LogP) is 3.37. The highest BCUT2D eigenvalue weighted by atomic mass is 35.5. The van der Waals surface area contributed by atoms with Gasteiger partial charge in [-0.2, -0.15) is 0 Å².